The normalized spacial score (nSPS) is 16.7. The molecule has 1 aliphatic heterocycles. The summed E-state index contributed by atoms with van der Waals surface area (Å²) in [5, 5.41) is 6.73. The summed E-state index contributed by atoms with van der Waals surface area (Å²) in [4.78, 5) is 11.5. The maximum atomic E-state index is 4.75. The summed E-state index contributed by atoms with van der Waals surface area (Å²) in [6.45, 7) is 7.17. The van der Waals surface area contributed by atoms with Crippen LogP contribution in [0.5, 0.6) is 0 Å². The van der Waals surface area contributed by atoms with Gasteiger partial charge in [0, 0.05) is 37.9 Å². The van der Waals surface area contributed by atoms with Crippen molar-refractivity contribution in [3.05, 3.63) is 30.1 Å². The lowest BCUT2D eigenvalue weighted by Gasteiger charge is -2.28. The van der Waals surface area contributed by atoms with Gasteiger partial charge in [-0.05, 0) is 58.0 Å². The van der Waals surface area contributed by atoms with Crippen molar-refractivity contribution >= 4 is 29.9 Å². The van der Waals surface area contributed by atoms with Crippen LogP contribution < -0.4 is 10.6 Å². The van der Waals surface area contributed by atoms with Crippen molar-refractivity contribution in [2.45, 2.75) is 26.2 Å². The zero-order valence-electron chi connectivity index (χ0n) is 14.3. The van der Waals surface area contributed by atoms with E-state index in [1.54, 1.807) is 0 Å². The first-order valence-corrected chi connectivity index (χ1v) is 8.38. The summed E-state index contributed by atoms with van der Waals surface area (Å²) in [5.41, 5.74) is 1.11. The number of nitrogens with one attached hydrogen (secondary N) is 2. The van der Waals surface area contributed by atoms with Crippen molar-refractivity contribution in [1.82, 2.24) is 20.5 Å². The van der Waals surface area contributed by atoms with E-state index in [-0.39, 0.29) is 24.0 Å². The average Bonchev–Trinajstić information content (AvgIpc) is 2.55. The molecule has 2 rings (SSSR count). The Hall–Kier alpha value is -0.890. The van der Waals surface area contributed by atoms with Gasteiger partial charge in [-0.15, -0.1) is 24.0 Å². The predicted molar refractivity (Wildman–Crippen MR) is 108 cm³/mol. The summed E-state index contributed by atoms with van der Waals surface area (Å²) in [6, 6.07) is 6.04. The summed E-state index contributed by atoms with van der Waals surface area (Å²) in [7, 11) is 2.20. The van der Waals surface area contributed by atoms with Crippen LogP contribution in [0.4, 0.5) is 0 Å². The van der Waals surface area contributed by atoms with Crippen LogP contribution >= 0.6 is 24.0 Å². The van der Waals surface area contributed by atoms with E-state index in [1.165, 1.54) is 25.9 Å². The molecular weight excluding hydrogens is 401 g/mol. The number of pyridine rings is 1. The lowest BCUT2D eigenvalue weighted by atomic mass is 9.97. The Labute approximate surface area is 157 Å². The van der Waals surface area contributed by atoms with Gasteiger partial charge in [-0.2, -0.15) is 0 Å². The summed E-state index contributed by atoms with van der Waals surface area (Å²) in [5.74, 6) is 1.65. The van der Waals surface area contributed by atoms with E-state index in [0.717, 1.165) is 43.6 Å². The standard InChI is InChI=1S/C17H29N5.HI/c1-3-18-17(20-11-7-16-6-4-5-10-19-16)21-14-15-8-12-22(2)13-9-15;/h4-6,10,15H,3,7-9,11-14H2,1-2H3,(H2,18,20,21);1H. The Kier molecular flexibility index (Phi) is 10.2. The average molecular weight is 431 g/mol. The highest BCUT2D eigenvalue weighted by Crippen LogP contribution is 2.15. The van der Waals surface area contributed by atoms with Gasteiger partial charge in [-0.3, -0.25) is 9.98 Å². The molecule has 23 heavy (non-hydrogen) atoms. The van der Waals surface area contributed by atoms with E-state index >= 15 is 0 Å². The summed E-state index contributed by atoms with van der Waals surface area (Å²) >= 11 is 0. The van der Waals surface area contributed by atoms with Crippen molar-refractivity contribution in [3.8, 4) is 0 Å². The van der Waals surface area contributed by atoms with Crippen molar-refractivity contribution in [2.24, 2.45) is 10.9 Å². The lowest BCUT2D eigenvalue weighted by Crippen LogP contribution is -2.39. The Morgan fingerprint density at radius 3 is 2.74 bits per heavy atom. The van der Waals surface area contributed by atoms with Crippen LogP contribution in [0.2, 0.25) is 0 Å². The number of rotatable bonds is 6. The molecule has 5 nitrogen and oxygen atoms in total. The number of hydrogen-bond acceptors (Lipinski definition) is 3. The van der Waals surface area contributed by atoms with Crippen molar-refractivity contribution in [1.29, 1.82) is 0 Å². The number of nitrogens with zero attached hydrogens (tertiary/aromatic N) is 3. The highest BCUT2D eigenvalue weighted by molar-refractivity contribution is 14.0. The van der Waals surface area contributed by atoms with Crippen molar-refractivity contribution < 1.29 is 0 Å². The Morgan fingerprint density at radius 2 is 2.09 bits per heavy atom. The van der Waals surface area contributed by atoms with Crippen LogP contribution in [0.25, 0.3) is 0 Å². The molecule has 1 aromatic heterocycles. The first kappa shape index (κ1) is 20.2. The van der Waals surface area contributed by atoms with Crippen LogP contribution in [0.15, 0.2) is 29.4 Å². The number of piperidine rings is 1. The van der Waals surface area contributed by atoms with E-state index in [0.29, 0.717) is 0 Å². The maximum Gasteiger partial charge on any atom is 0.191 e. The molecule has 2 heterocycles. The van der Waals surface area contributed by atoms with Crippen LogP contribution in [-0.2, 0) is 6.42 Å². The molecule has 0 amide bonds. The quantitative estimate of drug-likeness (QED) is 0.412. The van der Waals surface area contributed by atoms with Gasteiger partial charge in [0.25, 0.3) is 0 Å². The highest BCUT2D eigenvalue weighted by atomic mass is 127. The maximum absolute atomic E-state index is 4.75. The molecule has 6 heteroatoms. The van der Waals surface area contributed by atoms with Crippen LogP contribution in [0.1, 0.15) is 25.5 Å². The molecule has 0 aliphatic carbocycles. The number of aromatic nitrogens is 1. The fourth-order valence-electron chi connectivity index (χ4n) is 2.66. The highest BCUT2D eigenvalue weighted by Gasteiger charge is 2.16. The van der Waals surface area contributed by atoms with E-state index in [4.69, 9.17) is 4.99 Å². The monoisotopic (exact) mass is 431 g/mol. The summed E-state index contributed by atoms with van der Waals surface area (Å²) < 4.78 is 0. The Morgan fingerprint density at radius 1 is 1.30 bits per heavy atom. The second kappa shape index (κ2) is 11.6. The molecule has 0 radical (unpaired) electrons. The molecule has 0 saturated carbocycles. The second-order valence-electron chi connectivity index (χ2n) is 5.96. The molecule has 2 N–H and O–H groups in total. The molecule has 0 unspecified atom stereocenters. The molecule has 0 aromatic carbocycles. The first-order chi connectivity index (χ1) is 10.8. The van der Waals surface area contributed by atoms with Gasteiger partial charge in [0.05, 0.1) is 0 Å². The minimum atomic E-state index is 0. The molecule has 0 spiro atoms. The van der Waals surface area contributed by atoms with Gasteiger partial charge in [-0.1, -0.05) is 6.07 Å². The van der Waals surface area contributed by atoms with Gasteiger partial charge in [0.2, 0.25) is 0 Å². The smallest absolute Gasteiger partial charge is 0.191 e. The zero-order valence-corrected chi connectivity index (χ0v) is 16.6. The minimum absolute atomic E-state index is 0. The topological polar surface area (TPSA) is 52.6 Å². The van der Waals surface area contributed by atoms with Crippen LogP contribution in [-0.4, -0.2) is 55.6 Å². The van der Waals surface area contributed by atoms with Gasteiger partial charge in [0.1, 0.15) is 0 Å². The molecule has 0 bridgehead atoms. The van der Waals surface area contributed by atoms with Crippen molar-refractivity contribution in [3.63, 3.8) is 0 Å². The number of aliphatic imine (C=N–C) groups is 1. The molecule has 1 aliphatic rings. The fraction of sp³-hybridized carbons (Fsp3) is 0.647. The molecule has 0 atom stereocenters. The Balaban J connectivity index is 0.00000264. The summed E-state index contributed by atoms with van der Waals surface area (Å²) in [6.07, 6.45) is 5.27. The number of hydrogen-bond donors (Lipinski definition) is 2. The minimum Gasteiger partial charge on any atom is -0.357 e. The third-order valence-corrected chi connectivity index (χ3v) is 4.09. The first-order valence-electron chi connectivity index (χ1n) is 8.38. The number of guanidine groups is 1. The largest absolute Gasteiger partial charge is 0.357 e. The Bertz CT molecular complexity index is 444. The zero-order chi connectivity index (χ0) is 15.6. The van der Waals surface area contributed by atoms with Gasteiger partial charge in [-0.25, -0.2) is 0 Å². The van der Waals surface area contributed by atoms with Gasteiger partial charge >= 0.3 is 0 Å². The lowest BCUT2D eigenvalue weighted by molar-refractivity contribution is 0.223. The fourth-order valence-corrected chi connectivity index (χ4v) is 2.66. The van der Waals surface area contributed by atoms with Crippen molar-refractivity contribution in [2.75, 3.05) is 39.8 Å². The van der Waals surface area contributed by atoms with E-state index in [9.17, 15) is 0 Å². The number of halogens is 1. The van der Waals surface area contributed by atoms with Crippen LogP contribution in [0.3, 0.4) is 0 Å². The second-order valence-corrected chi connectivity index (χ2v) is 5.96. The van der Waals surface area contributed by atoms with Gasteiger partial charge < -0.3 is 15.5 Å². The van der Waals surface area contributed by atoms with Crippen LogP contribution in [0, 0.1) is 5.92 Å². The molecule has 1 saturated heterocycles. The third kappa shape index (κ3) is 7.97. The molecular formula is C17H30IN5. The van der Waals surface area contributed by atoms with E-state index < -0.39 is 0 Å². The van der Waals surface area contributed by atoms with E-state index in [2.05, 4.69) is 40.6 Å². The van der Waals surface area contributed by atoms with E-state index in [1.807, 2.05) is 18.3 Å². The molecule has 1 aromatic rings. The van der Waals surface area contributed by atoms with Gasteiger partial charge in [0.15, 0.2) is 5.96 Å². The SMILES string of the molecule is CCNC(=NCC1CCN(C)CC1)NCCc1ccccn1.I. The molecule has 1 fully saturated rings. The molecule has 130 valence electrons. The number of likely N-dealkylation sites (tertiary alicyclic amines) is 1. The predicted octanol–water partition coefficient (Wildman–Crippen LogP) is 2.14. The third-order valence-electron chi connectivity index (χ3n) is 4.09.